The Bertz CT molecular complexity index is 4160. The molecule has 6 heteroatoms. The maximum Gasteiger partial charge on any atom is 0.0973 e. The van der Waals surface area contributed by atoms with Gasteiger partial charge in [0.05, 0.1) is 44.5 Å². The van der Waals surface area contributed by atoms with Crippen molar-refractivity contribution in [2.45, 2.75) is 13.8 Å². The van der Waals surface area contributed by atoms with Gasteiger partial charge < -0.3 is 18.9 Å². The van der Waals surface area contributed by atoms with E-state index in [1.807, 2.05) is 24.3 Å². The summed E-state index contributed by atoms with van der Waals surface area (Å²) in [6, 6.07) is 95.5. The average Bonchev–Trinajstić information content (AvgIpc) is 4.06. The second-order valence-electron chi connectivity index (χ2n) is 19.6. The first-order valence-electron chi connectivity index (χ1n) is 25.9. The van der Waals surface area contributed by atoms with Crippen LogP contribution >= 0.6 is 0 Å². The summed E-state index contributed by atoms with van der Waals surface area (Å²) in [5, 5.41) is 4.87. The fourth-order valence-electron chi connectivity index (χ4n) is 11.2. The first-order chi connectivity index (χ1) is 37.5. The third-order valence-corrected chi connectivity index (χ3v) is 14.8. The van der Waals surface area contributed by atoms with Gasteiger partial charge in [0.2, 0.25) is 0 Å². The lowest BCUT2D eigenvalue weighted by Gasteiger charge is -2.26. The van der Waals surface area contributed by atoms with Gasteiger partial charge >= 0.3 is 0 Å². The molecule has 11 aromatic carbocycles. The normalized spacial score (nSPS) is 11.6. The molecule has 0 bridgehead atoms. The lowest BCUT2D eigenvalue weighted by molar-refractivity contribution is 1.18. The SMILES string of the molecule is Cc1ccc2c(c1)c1cc(N(c3ccccc3)c3ccc(-c4nc5ccccc5nc4-c4ccc(N(c5ccccc5)c5ccc6c(c5)c5cc(C)ccc5n6-c5ccccc5)cc4)cc3)ccc1n2-c1ccccc1. The quantitative estimate of drug-likeness (QED) is 0.137. The van der Waals surface area contributed by atoms with E-state index in [2.05, 4.69) is 275 Å². The molecule has 0 aliphatic heterocycles. The van der Waals surface area contributed by atoms with Crippen LogP contribution in [0, 0.1) is 13.8 Å². The lowest BCUT2D eigenvalue weighted by Crippen LogP contribution is -2.10. The summed E-state index contributed by atoms with van der Waals surface area (Å²) in [6.45, 7) is 4.34. The molecule has 0 saturated carbocycles. The molecule has 0 radical (unpaired) electrons. The molecule has 14 aromatic rings. The summed E-state index contributed by atoms with van der Waals surface area (Å²) >= 11 is 0. The molecule has 0 aliphatic carbocycles. The highest BCUT2D eigenvalue weighted by molar-refractivity contribution is 6.12. The lowest BCUT2D eigenvalue weighted by atomic mass is 10.0. The summed E-state index contributed by atoms with van der Waals surface area (Å²) in [4.78, 5) is 15.4. The van der Waals surface area contributed by atoms with Gasteiger partial charge in [-0.15, -0.1) is 0 Å². The van der Waals surface area contributed by atoms with Crippen molar-refractivity contribution >= 4 is 88.8 Å². The third-order valence-electron chi connectivity index (χ3n) is 14.8. The van der Waals surface area contributed by atoms with Crippen molar-refractivity contribution in [2.24, 2.45) is 0 Å². The van der Waals surface area contributed by atoms with Crippen LogP contribution in [0.2, 0.25) is 0 Å². The zero-order valence-corrected chi connectivity index (χ0v) is 42.1. The molecule has 3 heterocycles. The van der Waals surface area contributed by atoms with Gasteiger partial charge in [-0.25, -0.2) is 9.97 Å². The summed E-state index contributed by atoms with van der Waals surface area (Å²) in [7, 11) is 0. The molecule has 0 amide bonds. The van der Waals surface area contributed by atoms with E-state index in [9.17, 15) is 0 Å². The number of rotatable bonds is 10. The highest BCUT2D eigenvalue weighted by atomic mass is 15.1. The van der Waals surface area contributed by atoms with Crippen LogP contribution in [-0.4, -0.2) is 19.1 Å². The fourth-order valence-corrected chi connectivity index (χ4v) is 11.2. The number of anilines is 6. The van der Waals surface area contributed by atoms with Crippen LogP contribution < -0.4 is 9.80 Å². The van der Waals surface area contributed by atoms with Crippen molar-refractivity contribution in [1.82, 2.24) is 19.1 Å². The molecule has 0 aliphatic rings. The van der Waals surface area contributed by atoms with Gasteiger partial charge in [0.1, 0.15) is 0 Å². The van der Waals surface area contributed by atoms with Crippen LogP contribution in [0.1, 0.15) is 11.1 Å². The van der Waals surface area contributed by atoms with Crippen molar-refractivity contribution < 1.29 is 0 Å². The van der Waals surface area contributed by atoms with E-state index in [4.69, 9.17) is 9.97 Å². The van der Waals surface area contributed by atoms with Crippen LogP contribution in [0.3, 0.4) is 0 Å². The van der Waals surface area contributed by atoms with Gasteiger partial charge in [0.25, 0.3) is 0 Å². The van der Waals surface area contributed by atoms with E-state index < -0.39 is 0 Å². The summed E-state index contributed by atoms with van der Waals surface area (Å²) in [6.07, 6.45) is 0. The average molecular weight is 975 g/mol. The van der Waals surface area contributed by atoms with Gasteiger partial charge in [-0.1, -0.05) is 132 Å². The predicted octanol–water partition coefficient (Wildman–Crippen LogP) is 18.7. The Balaban J connectivity index is 0.857. The van der Waals surface area contributed by atoms with Crippen molar-refractivity contribution in [3.05, 3.63) is 278 Å². The Morgan fingerprint density at radius 3 is 0.961 bits per heavy atom. The van der Waals surface area contributed by atoms with Gasteiger partial charge in [-0.2, -0.15) is 0 Å². The molecule has 360 valence electrons. The smallest absolute Gasteiger partial charge is 0.0973 e. The van der Waals surface area contributed by atoms with E-state index in [0.29, 0.717) is 0 Å². The first-order valence-corrected chi connectivity index (χ1v) is 25.9. The number of hydrogen-bond donors (Lipinski definition) is 0. The molecule has 6 nitrogen and oxygen atoms in total. The van der Waals surface area contributed by atoms with Crippen LogP contribution in [0.4, 0.5) is 34.1 Å². The number of benzene rings is 11. The second-order valence-corrected chi connectivity index (χ2v) is 19.6. The highest BCUT2D eigenvalue weighted by Gasteiger charge is 2.22. The first kappa shape index (κ1) is 44.6. The number of aromatic nitrogens is 4. The highest BCUT2D eigenvalue weighted by Crippen LogP contribution is 2.44. The van der Waals surface area contributed by atoms with Crippen molar-refractivity contribution in [3.8, 4) is 33.9 Å². The zero-order chi connectivity index (χ0) is 50.7. The standard InChI is InChI=1S/C70H50N6/c1-47-27-39-65-59(43-47)61-45-57(37-41-67(61)75(65)53-21-11-5-12-22-53)73(51-17-7-3-8-18-51)55-33-29-49(30-34-55)69-70(72-64-26-16-15-25-63(64)71-69)50-31-35-56(36-32-50)74(52-19-9-4-10-20-52)58-38-42-68-62(46-58)60-44-48(2)28-40-66(60)76(68)54-23-13-6-14-24-54/h3-46H,1-2H3. The number of aryl methyl sites for hydroxylation is 2. The van der Waals surface area contributed by atoms with E-state index in [-0.39, 0.29) is 0 Å². The van der Waals surface area contributed by atoms with Crippen molar-refractivity contribution in [2.75, 3.05) is 9.80 Å². The Kier molecular flexibility index (Phi) is 10.8. The minimum Gasteiger partial charge on any atom is -0.310 e. The third kappa shape index (κ3) is 7.74. The van der Waals surface area contributed by atoms with E-state index in [1.165, 1.54) is 54.7 Å². The molecular weight excluding hydrogens is 925 g/mol. The topological polar surface area (TPSA) is 42.1 Å². The Hall–Kier alpha value is -10.0. The van der Waals surface area contributed by atoms with Crippen LogP contribution in [-0.2, 0) is 0 Å². The molecule has 0 saturated heterocycles. The van der Waals surface area contributed by atoms with Crippen molar-refractivity contribution in [1.29, 1.82) is 0 Å². The number of fused-ring (bicyclic) bond motifs is 7. The number of nitrogens with zero attached hydrogens (tertiary/aromatic N) is 6. The second kappa shape index (κ2) is 18.5. The number of para-hydroxylation sites is 6. The molecule has 76 heavy (non-hydrogen) atoms. The minimum absolute atomic E-state index is 0.824. The van der Waals surface area contributed by atoms with Crippen molar-refractivity contribution in [3.63, 3.8) is 0 Å². The minimum atomic E-state index is 0.824. The monoisotopic (exact) mass is 974 g/mol. The molecule has 3 aromatic heterocycles. The molecule has 0 spiro atoms. The van der Waals surface area contributed by atoms with E-state index >= 15 is 0 Å². The molecule has 0 N–H and O–H groups in total. The number of hydrogen-bond acceptors (Lipinski definition) is 4. The fraction of sp³-hybridized carbons (Fsp3) is 0.0286. The van der Waals surface area contributed by atoms with Crippen LogP contribution in [0.15, 0.2) is 267 Å². The van der Waals surface area contributed by atoms with Gasteiger partial charge in [0.15, 0.2) is 0 Å². The largest absolute Gasteiger partial charge is 0.310 e. The van der Waals surface area contributed by atoms with Crippen LogP contribution in [0.25, 0.3) is 88.5 Å². The molecule has 14 rings (SSSR count). The van der Waals surface area contributed by atoms with E-state index in [0.717, 1.165) is 79.0 Å². The summed E-state index contributed by atoms with van der Waals surface area (Å²) in [5.74, 6) is 0. The van der Waals surface area contributed by atoms with Gasteiger partial charge in [0, 0.05) is 78.2 Å². The molecule has 0 unspecified atom stereocenters. The Morgan fingerprint density at radius 1 is 0.276 bits per heavy atom. The van der Waals surface area contributed by atoms with Gasteiger partial charge in [-0.05, 0) is 159 Å². The Labute approximate surface area is 441 Å². The Morgan fingerprint density at radius 2 is 0.579 bits per heavy atom. The zero-order valence-electron chi connectivity index (χ0n) is 42.1. The maximum absolute atomic E-state index is 5.36. The van der Waals surface area contributed by atoms with Gasteiger partial charge in [-0.3, -0.25) is 0 Å². The molecular formula is C70H50N6. The summed E-state index contributed by atoms with van der Waals surface area (Å²) in [5.41, 5.74) is 21.1. The predicted molar refractivity (Wildman–Crippen MR) is 318 cm³/mol. The molecule has 0 fully saturated rings. The van der Waals surface area contributed by atoms with Crippen LogP contribution in [0.5, 0.6) is 0 Å². The maximum atomic E-state index is 5.36. The summed E-state index contributed by atoms with van der Waals surface area (Å²) < 4.78 is 4.75. The molecule has 0 atom stereocenters. The van der Waals surface area contributed by atoms with E-state index in [1.54, 1.807) is 0 Å².